The zero-order valence-electron chi connectivity index (χ0n) is 20.3. The number of aliphatic imine (C=N–C) groups is 1. The number of nitrogens with zero attached hydrogens (tertiary/aromatic N) is 7. The predicted molar refractivity (Wildman–Crippen MR) is 138 cm³/mol. The second kappa shape index (κ2) is 11.9. The topological polar surface area (TPSA) is 98.5 Å². The Morgan fingerprint density at radius 2 is 1.82 bits per heavy atom. The van der Waals surface area contributed by atoms with Crippen molar-refractivity contribution in [2.24, 2.45) is 12.0 Å². The first-order valence-corrected chi connectivity index (χ1v) is 11.1. The highest BCUT2D eigenvalue weighted by molar-refractivity contribution is 14.0. The van der Waals surface area contributed by atoms with Crippen LogP contribution in [0.2, 0.25) is 0 Å². The fraction of sp³-hybridized carbons (Fsp3) is 0.714. The van der Waals surface area contributed by atoms with E-state index in [1.54, 1.807) is 27.7 Å². The quantitative estimate of drug-likeness (QED) is 0.322. The van der Waals surface area contributed by atoms with E-state index in [4.69, 9.17) is 4.74 Å². The molecule has 0 aliphatic carbocycles. The zero-order valence-corrected chi connectivity index (χ0v) is 22.6. The van der Waals surface area contributed by atoms with E-state index in [9.17, 15) is 9.59 Å². The Bertz CT molecular complexity index is 830. The molecule has 1 aromatic rings. The summed E-state index contributed by atoms with van der Waals surface area (Å²) in [6.07, 6.45) is 3.32. The number of carbonyl (C=O) groups is 2. The number of hydrogen-bond donors (Lipinski definition) is 1. The molecule has 0 atom stereocenters. The first-order valence-electron chi connectivity index (χ1n) is 11.1. The van der Waals surface area contributed by atoms with Gasteiger partial charge in [-0.25, -0.2) is 4.79 Å². The van der Waals surface area contributed by atoms with E-state index in [1.165, 1.54) is 0 Å². The number of nitrogens with one attached hydrogen (secondary N) is 1. The van der Waals surface area contributed by atoms with Crippen LogP contribution in [0.3, 0.4) is 0 Å². The fourth-order valence-electron chi connectivity index (χ4n) is 3.81. The van der Waals surface area contributed by atoms with Gasteiger partial charge in [-0.05, 0) is 20.8 Å². The van der Waals surface area contributed by atoms with Crippen molar-refractivity contribution < 1.29 is 14.3 Å². The lowest BCUT2D eigenvalue weighted by Crippen LogP contribution is -2.56. The standard InChI is InChI=1S/C21H36N8O3.HI/c1-21(2,3)32-20(31)27-10-8-26(9-11-27)7-6-23-19(22-4)28-12-13-29(18(30)16-28)17-14-24-25(5)15-17;/h14-15H,6-13,16H2,1-5H3,(H,22,23);1H. The van der Waals surface area contributed by atoms with Crippen molar-refractivity contribution in [3.63, 3.8) is 0 Å². The van der Waals surface area contributed by atoms with Crippen LogP contribution in [-0.2, 0) is 16.6 Å². The van der Waals surface area contributed by atoms with Gasteiger partial charge in [0.25, 0.3) is 0 Å². The van der Waals surface area contributed by atoms with Gasteiger partial charge in [-0.1, -0.05) is 0 Å². The van der Waals surface area contributed by atoms with Crippen LogP contribution in [0.15, 0.2) is 17.4 Å². The predicted octanol–water partition coefficient (Wildman–Crippen LogP) is 0.815. The normalized spacial score (nSPS) is 18.3. The lowest BCUT2D eigenvalue weighted by Gasteiger charge is -2.37. The molecule has 0 unspecified atom stereocenters. The molecule has 12 heteroatoms. The molecular formula is C21H37IN8O3. The highest BCUT2D eigenvalue weighted by Gasteiger charge is 2.28. The maximum atomic E-state index is 12.6. The number of anilines is 1. The molecular weight excluding hydrogens is 539 g/mol. The second-order valence-corrected chi connectivity index (χ2v) is 9.12. The molecule has 3 rings (SSSR count). The molecule has 2 amide bonds. The SMILES string of the molecule is CN=C(NCCN1CCN(C(=O)OC(C)(C)C)CC1)N1CCN(c2cnn(C)c2)C(=O)C1.I. The van der Waals surface area contributed by atoms with E-state index in [0.717, 1.165) is 37.8 Å². The van der Waals surface area contributed by atoms with Crippen LogP contribution in [0.25, 0.3) is 0 Å². The molecule has 0 bridgehead atoms. The number of amides is 2. The Morgan fingerprint density at radius 3 is 2.36 bits per heavy atom. The largest absolute Gasteiger partial charge is 0.444 e. The first-order chi connectivity index (χ1) is 15.2. The van der Waals surface area contributed by atoms with E-state index in [-0.39, 0.29) is 42.5 Å². The van der Waals surface area contributed by atoms with Crippen molar-refractivity contribution in [3.05, 3.63) is 12.4 Å². The van der Waals surface area contributed by atoms with Crippen LogP contribution in [0.1, 0.15) is 20.8 Å². The van der Waals surface area contributed by atoms with Crippen LogP contribution in [0, 0.1) is 0 Å². The van der Waals surface area contributed by atoms with Crippen molar-refractivity contribution >= 4 is 47.6 Å². The van der Waals surface area contributed by atoms with Crippen LogP contribution < -0.4 is 10.2 Å². The van der Waals surface area contributed by atoms with Gasteiger partial charge in [-0.15, -0.1) is 24.0 Å². The van der Waals surface area contributed by atoms with Gasteiger partial charge in [0.15, 0.2) is 5.96 Å². The number of aryl methyl sites for hydroxylation is 1. The Kier molecular flexibility index (Phi) is 9.76. The molecule has 11 nitrogen and oxygen atoms in total. The van der Waals surface area contributed by atoms with E-state index in [2.05, 4.69) is 20.3 Å². The minimum Gasteiger partial charge on any atom is -0.444 e. The van der Waals surface area contributed by atoms with Gasteiger partial charge >= 0.3 is 6.09 Å². The molecule has 33 heavy (non-hydrogen) atoms. The minimum atomic E-state index is -0.473. The Labute approximate surface area is 213 Å². The van der Waals surface area contributed by atoms with Crippen molar-refractivity contribution in [1.82, 2.24) is 29.8 Å². The van der Waals surface area contributed by atoms with Gasteiger partial charge in [0, 0.05) is 72.7 Å². The van der Waals surface area contributed by atoms with Crippen LogP contribution in [-0.4, -0.2) is 114 Å². The third kappa shape index (κ3) is 7.73. The second-order valence-electron chi connectivity index (χ2n) is 9.12. The van der Waals surface area contributed by atoms with E-state index in [0.29, 0.717) is 26.2 Å². The van der Waals surface area contributed by atoms with E-state index < -0.39 is 5.60 Å². The van der Waals surface area contributed by atoms with Gasteiger partial charge in [-0.2, -0.15) is 5.10 Å². The average molecular weight is 576 g/mol. The summed E-state index contributed by atoms with van der Waals surface area (Å²) in [7, 11) is 3.58. The Morgan fingerprint density at radius 1 is 1.15 bits per heavy atom. The molecule has 2 fully saturated rings. The number of aromatic nitrogens is 2. The number of carbonyl (C=O) groups excluding carboxylic acids is 2. The zero-order chi connectivity index (χ0) is 23.3. The number of hydrogen-bond acceptors (Lipinski definition) is 6. The number of rotatable bonds is 4. The molecule has 186 valence electrons. The Balaban J connectivity index is 0.00000385. The summed E-state index contributed by atoms with van der Waals surface area (Å²) in [6.45, 7) is 11.7. The molecule has 3 heterocycles. The minimum absolute atomic E-state index is 0. The van der Waals surface area contributed by atoms with E-state index in [1.807, 2.05) is 38.9 Å². The lowest BCUT2D eigenvalue weighted by atomic mass is 10.2. The molecule has 1 N–H and O–H groups in total. The first kappa shape index (κ1) is 27.2. The third-order valence-corrected chi connectivity index (χ3v) is 5.47. The summed E-state index contributed by atoms with van der Waals surface area (Å²) in [5.74, 6) is 0.766. The number of ether oxygens (including phenoxy) is 1. The van der Waals surface area contributed by atoms with Gasteiger partial charge < -0.3 is 24.8 Å². The highest BCUT2D eigenvalue weighted by Crippen LogP contribution is 2.16. The molecule has 0 spiro atoms. The molecule has 1 aromatic heterocycles. The van der Waals surface area contributed by atoms with Gasteiger partial charge in [0.05, 0.1) is 11.9 Å². The lowest BCUT2D eigenvalue weighted by molar-refractivity contribution is -0.120. The monoisotopic (exact) mass is 576 g/mol. The van der Waals surface area contributed by atoms with E-state index >= 15 is 0 Å². The average Bonchev–Trinajstić information content (AvgIpc) is 3.16. The smallest absolute Gasteiger partial charge is 0.410 e. The molecule has 0 saturated carbocycles. The summed E-state index contributed by atoms with van der Waals surface area (Å²) >= 11 is 0. The molecule has 2 aliphatic rings. The summed E-state index contributed by atoms with van der Waals surface area (Å²) in [5.41, 5.74) is 0.351. The van der Waals surface area contributed by atoms with Gasteiger partial charge in [0.2, 0.25) is 5.91 Å². The molecule has 2 saturated heterocycles. The highest BCUT2D eigenvalue weighted by atomic mass is 127. The van der Waals surface area contributed by atoms with Crippen LogP contribution in [0.5, 0.6) is 0 Å². The summed E-state index contributed by atoms with van der Waals surface area (Å²) in [5, 5.41) is 7.52. The number of piperazine rings is 2. The van der Waals surface area contributed by atoms with Crippen LogP contribution in [0.4, 0.5) is 10.5 Å². The summed E-state index contributed by atoms with van der Waals surface area (Å²) in [6, 6.07) is 0. The Hall–Kier alpha value is -2.09. The van der Waals surface area contributed by atoms with Crippen LogP contribution >= 0.6 is 24.0 Å². The van der Waals surface area contributed by atoms with Gasteiger partial charge in [-0.3, -0.25) is 19.4 Å². The van der Waals surface area contributed by atoms with Crippen molar-refractivity contribution in [2.45, 2.75) is 26.4 Å². The molecule has 2 aliphatic heterocycles. The number of halogens is 1. The molecule has 0 aromatic carbocycles. The fourth-order valence-corrected chi connectivity index (χ4v) is 3.81. The molecule has 0 radical (unpaired) electrons. The summed E-state index contributed by atoms with van der Waals surface area (Å²) < 4.78 is 7.15. The maximum absolute atomic E-state index is 12.6. The van der Waals surface area contributed by atoms with Crippen molar-refractivity contribution in [3.8, 4) is 0 Å². The van der Waals surface area contributed by atoms with Crippen molar-refractivity contribution in [2.75, 3.05) is 70.9 Å². The summed E-state index contributed by atoms with van der Waals surface area (Å²) in [4.78, 5) is 37.0. The third-order valence-electron chi connectivity index (χ3n) is 5.47. The van der Waals surface area contributed by atoms with Gasteiger partial charge in [0.1, 0.15) is 12.1 Å². The van der Waals surface area contributed by atoms with Crippen molar-refractivity contribution in [1.29, 1.82) is 0 Å². The maximum Gasteiger partial charge on any atom is 0.410 e. The number of guanidine groups is 1.